The maximum Gasteiger partial charge on any atom is 0.215 e. The van der Waals surface area contributed by atoms with Crippen LogP contribution in [0.5, 0.6) is 0 Å². The van der Waals surface area contributed by atoms with Crippen molar-refractivity contribution in [3.63, 3.8) is 0 Å². The molecule has 0 radical (unpaired) electrons. The smallest absolute Gasteiger partial charge is 0.215 e. The van der Waals surface area contributed by atoms with Gasteiger partial charge in [0.15, 0.2) is 0 Å². The van der Waals surface area contributed by atoms with Gasteiger partial charge in [-0.15, -0.1) is 0 Å². The van der Waals surface area contributed by atoms with Crippen LogP contribution >= 0.6 is 0 Å². The highest BCUT2D eigenvalue weighted by atomic mass is 15.3. The zero-order valence-corrected chi connectivity index (χ0v) is 30.6. The van der Waals surface area contributed by atoms with Gasteiger partial charge in [0.05, 0.1) is 0 Å². The first-order valence-electron chi connectivity index (χ1n) is 19.6. The molecule has 3 rings (SSSR count). The van der Waals surface area contributed by atoms with Crippen LogP contribution in [0, 0.1) is 0 Å². The topological polar surface area (TPSA) is 26.8 Å². The zero-order valence-electron chi connectivity index (χ0n) is 30.6. The molecule has 0 aromatic heterocycles. The Hall–Kier alpha value is -2.61. The number of nitrogens with one attached hydrogen (secondary N) is 1. The second kappa shape index (κ2) is 22.0. The van der Waals surface area contributed by atoms with Crippen molar-refractivity contribution in [1.82, 2.24) is 0 Å². The molecule has 0 bridgehead atoms. The van der Waals surface area contributed by atoms with E-state index in [1.165, 1.54) is 148 Å². The number of nitrogens with zero attached hydrogens (tertiary/aromatic N) is 1. The predicted octanol–water partition coefficient (Wildman–Crippen LogP) is 13.7. The summed E-state index contributed by atoms with van der Waals surface area (Å²) in [5.74, 6) is 9.66. The summed E-state index contributed by atoms with van der Waals surface area (Å²) in [6.07, 6.45) is 31.9. The largest absolute Gasteiger partial charge is 0.448 e. The van der Waals surface area contributed by atoms with Gasteiger partial charge >= 0.3 is 0 Å². The van der Waals surface area contributed by atoms with E-state index in [0.717, 1.165) is 43.5 Å². The second-order valence-corrected chi connectivity index (χ2v) is 14.0. The molecule has 0 saturated carbocycles. The fourth-order valence-corrected chi connectivity index (χ4v) is 6.90. The normalized spacial score (nSPS) is 14.1. The molecule has 46 heavy (non-hydrogen) atoms. The molecule has 1 N–H and O–H groups in total. The van der Waals surface area contributed by atoms with Crippen molar-refractivity contribution in [1.29, 1.82) is 0 Å². The average Bonchev–Trinajstić information content (AvgIpc) is 3.38. The number of aryl methyl sites for hydroxylation is 4. The molecule has 0 unspecified atom stereocenters. The van der Waals surface area contributed by atoms with Gasteiger partial charge in [-0.2, -0.15) is 0 Å². The SMILES string of the molecule is CCCCCCCC=C1C=C(c2cc(CCCCC)cc(CCCCC)c2)[N+]([NH-])=C1c1cc(CCCCC)cc(CCCCC)c1. The Morgan fingerprint density at radius 1 is 0.478 bits per heavy atom. The number of rotatable bonds is 24. The molecule has 1 aliphatic rings. The van der Waals surface area contributed by atoms with Gasteiger partial charge in [0.2, 0.25) is 11.4 Å². The minimum atomic E-state index is 1.05. The van der Waals surface area contributed by atoms with Crippen LogP contribution in [0.15, 0.2) is 54.1 Å². The summed E-state index contributed by atoms with van der Waals surface area (Å²) in [4.78, 5) is 0. The summed E-state index contributed by atoms with van der Waals surface area (Å²) in [5, 5.41) is 0. The van der Waals surface area contributed by atoms with Gasteiger partial charge in [-0.3, -0.25) is 0 Å². The molecule has 2 heteroatoms. The fourth-order valence-electron chi connectivity index (χ4n) is 6.90. The molecular formula is C44H68N2. The van der Waals surface area contributed by atoms with Gasteiger partial charge < -0.3 is 5.84 Å². The lowest BCUT2D eigenvalue weighted by Crippen LogP contribution is -2.13. The third-order valence-corrected chi connectivity index (χ3v) is 9.65. The zero-order chi connectivity index (χ0) is 33.0. The van der Waals surface area contributed by atoms with Crippen LogP contribution in [0.25, 0.3) is 11.5 Å². The standard InChI is InChI=1S/C44H68N2/c1-6-11-16-17-18-23-28-40-35-43(41-31-36(24-19-12-7-2)29-37(32-41)25-20-13-8-3)46(45)44(40)42-33-38(26-21-14-9-4)30-39(34-42)27-22-15-10-5/h28-35,45H,6-27H2,1-5H3. The Morgan fingerprint density at radius 3 is 1.30 bits per heavy atom. The van der Waals surface area contributed by atoms with Crippen molar-refractivity contribution in [3.05, 3.63) is 93.3 Å². The van der Waals surface area contributed by atoms with E-state index in [9.17, 15) is 5.84 Å². The van der Waals surface area contributed by atoms with Crippen LogP contribution in [-0.2, 0) is 25.7 Å². The Kier molecular flexibility index (Phi) is 18.1. The number of hydrogen-bond acceptors (Lipinski definition) is 0. The minimum absolute atomic E-state index is 1.05. The maximum absolute atomic E-state index is 9.66. The predicted molar refractivity (Wildman–Crippen MR) is 204 cm³/mol. The van der Waals surface area contributed by atoms with Crippen LogP contribution < -0.4 is 0 Å². The van der Waals surface area contributed by atoms with E-state index in [1.54, 1.807) is 4.68 Å². The first kappa shape index (κ1) is 37.8. The van der Waals surface area contributed by atoms with Crippen molar-refractivity contribution in [2.45, 2.75) is 176 Å². The van der Waals surface area contributed by atoms with Crippen LogP contribution in [-0.4, -0.2) is 10.4 Å². The van der Waals surface area contributed by atoms with Gasteiger partial charge in [0.25, 0.3) is 0 Å². The Bertz CT molecular complexity index is 1200. The molecule has 0 spiro atoms. The molecule has 0 atom stereocenters. The maximum atomic E-state index is 9.66. The molecule has 0 fully saturated rings. The highest BCUT2D eigenvalue weighted by Crippen LogP contribution is 2.32. The molecule has 2 nitrogen and oxygen atoms in total. The minimum Gasteiger partial charge on any atom is -0.448 e. The summed E-state index contributed by atoms with van der Waals surface area (Å²) in [6, 6.07) is 14.5. The Balaban J connectivity index is 2.07. The van der Waals surface area contributed by atoms with Crippen LogP contribution in [0.1, 0.15) is 184 Å². The van der Waals surface area contributed by atoms with Gasteiger partial charge in [0.1, 0.15) is 0 Å². The van der Waals surface area contributed by atoms with E-state index in [1.807, 2.05) is 0 Å². The summed E-state index contributed by atoms with van der Waals surface area (Å²) >= 11 is 0. The lowest BCUT2D eigenvalue weighted by molar-refractivity contribution is -0.347. The number of unbranched alkanes of at least 4 members (excludes halogenated alkanes) is 13. The van der Waals surface area contributed by atoms with E-state index < -0.39 is 0 Å². The van der Waals surface area contributed by atoms with E-state index >= 15 is 0 Å². The summed E-state index contributed by atoms with van der Waals surface area (Å²) in [5.41, 5.74) is 11.6. The molecule has 0 amide bonds. The summed E-state index contributed by atoms with van der Waals surface area (Å²) in [7, 11) is 0. The second-order valence-electron chi connectivity index (χ2n) is 14.0. The van der Waals surface area contributed by atoms with Gasteiger partial charge in [-0.05, 0) is 111 Å². The van der Waals surface area contributed by atoms with Crippen molar-refractivity contribution >= 4 is 11.4 Å². The molecule has 1 heterocycles. The summed E-state index contributed by atoms with van der Waals surface area (Å²) in [6.45, 7) is 11.4. The Morgan fingerprint density at radius 2 is 0.870 bits per heavy atom. The number of hydrogen-bond donors (Lipinski definition) is 0. The van der Waals surface area contributed by atoms with Gasteiger partial charge in [-0.25, -0.2) is 4.68 Å². The highest BCUT2D eigenvalue weighted by Gasteiger charge is 2.29. The number of benzene rings is 2. The molecule has 2 aromatic carbocycles. The van der Waals surface area contributed by atoms with E-state index in [0.29, 0.717) is 0 Å². The quantitative estimate of drug-likeness (QED) is 0.0820. The van der Waals surface area contributed by atoms with Gasteiger partial charge in [-0.1, -0.05) is 130 Å². The molecule has 2 aromatic rings. The average molecular weight is 625 g/mol. The fraction of sp³-hybridized carbons (Fsp3) is 0.614. The van der Waals surface area contributed by atoms with Crippen molar-refractivity contribution in [2.75, 3.05) is 0 Å². The molecule has 0 saturated heterocycles. The lowest BCUT2D eigenvalue weighted by atomic mass is 9.93. The third kappa shape index (κ3) is 12.5. The van der Waals surface area contributed by atoms with Crippen LogP contribution in [0.3, 0.4) is 0 Å². The summed E-state index contributed by atoms with van der Waals surface area (Å²) < 4.78 is 1.80. The first-order chi connectivity index (χ1) is 22.5. The molecule has 1 aliphatic heterocycles. The van der Waals surface area contributed by atoms with Gasteiger partial charge in [0, 0.05) is 22.8 Å². The monoisotopic (exact) mass is 625 g/mol. The van der Waals surface area contributed by atoms with Crippen molar-refractivity contribution in [2.24, 2.45) is 0 Å². The Labute approximate surface area is 284 Å². The van der Waals surface area contributed by atoms with E-state index in [4.69, 9.17) is 0 Å². The van der Waals surface area contributed by atoms with Crippen LogP contribution in [0.4, 0.5) is 0 Å². The molecule has 254 valence electrons. The lowest BCUT2D eigenvalue weighted by Gasteiger charge is -2.13. The van der Waals surface area contributed by atoms with Crippen LogP contribution in [0.2, 0.25) is 0 Å². The van der Waals surface area contributed by atoms with Crippen molar-refractivity contribution < 1.29 is 4.68 Å². The first-order valence-corrected chi connectivity index (χ1v) is 19.6. The highest BCUT2D eigenvalue weighted by molar-refractivity contribution is 6.15. The third-order valence-electron chi connectivity index (χ3n) is 9.65. The number of allylic oxidation sites excluding steroid dienone is 3. The van der Waals surface area contributed by atoms with Crippen molar-refractivity contribution in [3.8, 4) is 0 Å². The molecular weight excluding hydrogens is 556 g/mol. The van der Waals surface area contributed by atoms with E-state index in [2.05, 4.69) is 83.2 Å². The van der Waals surface area contributed by atoms with E-state index in [-0.39, 0.29) is 0 Å². The molecule has 0 aliphatic carbocycles.